The Morgan fingerprint density at radius 1 is 1.00 bits per heavy atom. The first-order chi connectivity index (χ1) is 9.68. The molecule has 0 spiro atoms. The van der Waals surface area contributed by atoms with E-state index in [4.69, 9.17) is 10.9 Å². The molecule has 0 aliphatic heterocycles. The van der Waals surface area contributed by atoms with Crippen molar-refractivity contribution in [2.24, 2.45) is 5.14 Å². The van der Waals surface area contributed by atoms with Crippen molar-refractivity contribution < 1.29 is 21.6 Å². The number of sulfonamides is 1. The van der Waals surface area contributed by atoms with Crippen molar-refractivity contribution in [2.45, 2.75) is 4.90 Å². The average molecular weight is 317 g/mol. The number of nitrogens with one attached hydrogen (secondary N) is 1. The van der Waals surface area contributed by atoms with E-state index in [2.05, 4.69) is 5.32 Å². The Bertz CT molecular complexity index is 786. The third-order valence-electron chi connectivity index (χ3n) is 2.61. The second-order valence-corrected chi connectivity index (χ2v) is 5.73. The van der Waals surface area contributed by atoms with Gasteiger partial charge in [-0.15, -0.1) is 0 Å². The number of hydrogen-bond donors (Lipinski definition) is 3. The first-order valence-electron chi connectivity index (χ1n) is 5.52. The van der Waals surface area contributed by atoms with Crippen molar-refractivity contribution in [1.82, 2.24) is 0 Å². The lowest BCUT2D eigenvalue weighted by Gasteiger charge is -2.11. The Hall–Kier alpha value is -2.26. The number of benzene rings is 2. The van der Waals surface area contributed by atoms with Gasteiger partial charge in [0.05, 0.1) is 16.3 Å². The van der Waals surface area contributed by atoms with Crippen LogP contribution in [0.4, 0.5) is 30.2 Å². The van der Waals surface area contributed by atoms with Crippen LogP contribution in [0.15, 0.2) is 35.2 Å². The number of nitrogens with two attached hydrogens (primary N) is 2. The van der Waals surface area contributed by atoms with Gasteiger partial charge in [0.1, 0.15) is 0 Å². The maximum Gasteiger partial charge on any atom is 0.238 e. The number of nitrogen functional groups attached to an aromatic ring is 1. The zero-order valence-corrected chi connectivity index (χ0v) is 11.2. The van der Waals surface area contributed by atoms with E-state index in [1.165, 1.54) is 12.1 Å². The predicted octanol–water partition coefficient (Wildman–Crippen LogP) is 2.08. The predicted molar refractivity (Wildman–Crippen MR) is 71.8 cm³/mol. The minimum Gasteiger partial charge on any atom is -0.397 e. The molecule has 0 atom stereocenters. The van der Waals surface area contributed by atoms with E-state index in [0.29, 0.717) is 0 Å². The molecular formula is C12H10F3N3O2S. The number of primary sulfonamides is 1. The summed E-state index contributed by atoms with van der Waals surface area (Å²) >= 11 is 0. The van der Waals surface area contributed by atoms with Crippen molar-refractivity contribution in [1.29, 1.82) is 0 Å². The fourth-order valence-electron chi connectivity index (χ4n) is 1.61. The largest absolute Gasteiger partial charge is 0.397 e. The van der Waals surface area contributed by atoms with Crippen molar-refractivity contribution >= 4 is 27.1 Å². The van der Waals surface area contributed by atoms with E-state index in [-0.39, 0.29) is 22.0 Å². The van der Waals surface area contributed by atoms with Crippen LogP contribution in [0.25, 0.3) is 0 Å². The molecule has 5 nitrogen and oxygen atoms in total. The Morgan fingerprint density at radius 2 is 1.57 bits per heavy atom. The van der Waals surface area contributed by atoms with Crippen LogP contribution in [0, 0.1) is 17.5 Å². The van der Waals surface area contributed by atoms with Gasteiger partial charge in [-0.25, -0.2) is 26.7 Å². The van der Waals surface area contributed by atoms with Crippen LogP contribution >= 0.6 is 0 Å². The van der Waals surface area contributed by atoms with E-state index < -0.39 is 27.5 Å². The first kappa shape index (κ1) is 15.1. The van der Waals surface area contributed by atoms with Crippen LogP contribution in [0.1, 0.15) is 0 Å². The molecule has 112 valence electrons. The number of hydrogen-bond acceptors (Lipinski definition) is 4. The molecular weight excluding hydrogens is 307 g/mol. The molecule has 0 aliphatic carbocycles. The van der Waals surface area contributed by atoms with E-state index in [1.807, 2.05) is 0 Å². The summed E-state index contributed by atoms with van der Waals surface area (Å²) in [6.45, 7) is 0. The third-order valence-corrected chi connectivity index (χ3v) is 3.53. The second kappa shape index (κ2) is 5.26. The van der Waals surface area contributed by atoms with E-state index in [9.17, 15) is 21.6 Å². The highest BCUT2D eigenvalue weighted by molar-refractivity contribution is 7.89. The van der Waals surface area contributed by atoms with Crippen LogP contribution in [0.2, 0.25) is 0 Å². The molecule has 0 fully saturated rings. The summed E-state index contributed by atoms with van der Waals surface area (Å²) in [6, 6.07) is 5.02. The molecule has 0 amide bonds. The molecule has 0 unspecified atom stereocenters. The lowest BCUT2D eigenvalue weighted by molar-refractivity contribution is 0.448. The molecule has 0 radical (unpaired) electrons. The Kier molecular flexibility index (Phi) is 3.79. The lowest BCUT2D eigenvalue weighted by atomic mass is 10.2. The van der Waals surface area contributed by atoms with Crippen molar-refractivity contribution in [2.75, 3.05) is 11.1 Å². The average Bonchev–Trinajstić information content (AvgIpc) is 2.37. The maximum absolute atomic E-state index is 13.1. The van der Waals surface area contributed by atoms with Gasteiger partial charge >= 0.3 is 0 Å². The van der Waals surface area contributed by atoms with Crippen molar-refractivity contribution in [3.05, 3.63) is 47.8 Å². The highest BCUT2D eigenvalue weighted by atomic mass is 32.2. The summed E-state index contributed by atoms with van der Waals surface area (Å²) in [6.07, 6.45) is 0. The Balaban J connectivity index is 2.37. The lowest BCUT2D eigenvalue weighted by Crippen LogP contribution is -2.12. The molecule has 2 aromatic carbocycles. The van der Waals surface area contributed by atoms with Crippen LogP contribution < -0.4 is 16.2 Å². The monoisotopic (exact) mass is 317 g/mol. The van der Waals surface area contributed by atoms with Gasteiger partial charge in [0.15, 0.2) is 17.5 Å². The Labute approximate surface area is 118 Å². The van der Waals surface area contributed by atoms with Crippen LogP contribution in [-0.4, -0.2) is 8.42 Å². The van der Waals surface area contributed by atoms with Gasteiger partial charge in [-0.05, 0) is 18.2 Å². The molecule has 2 aromatic rings. The molecule has 0 saturated heterocycles. The summed E-state index contributed by atoms with van der Waals surface area (Å²) in [5, 5.41) is 7.49. The fourth-order valence-corrected chi connectivity index (χ4v) is 2.16. The molecule has 0 heterocycles. The van der Waals surface area contributed by atoms with E-state index in [0.717, 1.165) is 18.2 Å². The van der Waals surface area contributed by atoms with Gasteiger partial charge in [-0.1, -0.05) is 0 Å². The summed E-state index contributed by atoms with van der Waals surface area (Å²) in [7, 11) is -3.91. The number of halogens is 3. The van der Waals surface area contributed by atoms with Crippen molar-refractivity contribution in [3.8, 4) is 0 Å². The van der Waals surface area contributed by atoms with Crippen LogP contribution in [0.3, 0.4) is 0 Å². The highest BCUT2D eigenvalue weighted by Gasteiger charge is 2.13. The molecule has 21 heavy (non-hydrogen) atoms. The smallest absolute Gasteiger partial charge is 0.238 e. The van der Waals surface area contributed by atoms with Crippen LogP contribution in [0.5, 0.6) is 0 Å². The number of rotatable bonds is 3. The van der Waals surface area contributed by atoms with Gasteiger partial charge in [0.2, 0.25) is 10.0 Å². The molecule has 2 rings (SSSR count). The molecule has 0 aliphatic rings. The minimum absolute atomic E-state index is 0.00772. The summed E-state index contributed by atoms with van der Waals surface area (Å²) in [4.78, 5) is -0.206. The third kappa shape index (κ3) is 3.26. The quantitative estimate of drug-likeness (QED) is 0.596. The van der Waals surface area contributed by atoms with Gasteiger partial charge in [-0.3, -0.25) is 0 Å². The standard InChI is InChI=1S/C12H10F3N3O2S/c13-8-3-6(4-9(14)12(8)15)18-11-2-1-7(5-10(11)16)21(17,19)20/h1-5,18H,16H2,(H2,17,19,20). The fraction of sp³-hybridized carbons (Fsp3) is 0. The van der Waals surface area contributed by atoms with E-state index >= 15 is 0 Å². The minimum atomic E-state index is -3.91. The highest BCUT2D eigenvalue weighted by Crippen LogP contribution is 2.27. The van der Waals surface area contributed by atoms with Gasteiger partial charge in [-0.2, -0.15) is 0 Å². The zero-order chi connectivity index (χ0) is 15.8. The normalized spacial score (nSPS) is 11.4. The maximum atomic E-state index is 13.1. The SMILES string of the molecule is Nc1cc(S(N)(=O)=O)ccc1Nc1cc(F)c(F)c(F)c1. The molecule has 0 bridgehead atoms. The summed E-state index contributed by atoms with van der Waals surface area (Å²) < 4.78 is 61.3. The Morgan fingerprint density at radius 3 is 2.05 bits per heavy atom. The van der Waals surface area contributed by atoms with E-state index in [1.54, 1.807) is 0 Å². The first-order valence-corrected chi connectivity index (χ1v) is 7.07. The second-order valence-electron chi connectivity index (χ2n) is 4.17. The van der Waals surface area contributed by atoms with Gasteiger partial charge < -0.3 is 11.1 Å². The molecule has 0 aromatic heterocycles. The topological polar surface area (TPSA) is 98.2 Å². The zero-order valence-electron chi connectivity index (χ0n) is 10.4. The summed E-state index contributed by atoms with van der Waals surface area (Å²) in [5.74, 6) is -4.31. The molecule has 5 N–H and O–H groups in total. The van der Waals surface area contributed by atoms with Crippen molar-refractivity contribution in [3.63, 3.8) is 0 Å². The number of anilines is 3. The van der Waals surface area contributed by atoms with Crippen LogP contribution in [-0.2, 0) is 10.0 Å². The summed E-state index contributed by atoms with van der Waals surface area (Å²) in [5.41, 5.74) is 5.73. The van der Waals surface area contributed by atoms with Gasteiger partial charge in [0, 0.05) is 17.8 Å². The van der Waals surface area contributed by atoms with Gasteiger partial charge in [0.25, 0.3) is 0 Å². The molecule has 0 saturated carbocycles. The molecule has 9 heteroatoms.